The van der Waals surface area contributed by atoms with Crippen LogP contribution in [0.3, 0.4) is 0 Å². The van der Waals surface area contributed by atoms with E-state index in [1.54, 1.807) is 17.0 Å². The number of imidazole rings is 1. The van der Waals surface area contributed by atoms with Crippen LogP contribution in [-0.2, 0) is 11.3 Å². The SMILES string of the molecule is CC(C)(C)OC(=O)N1CCC[C@H]1COc1nc2ccccc2n1Cc1ccc(F)cc1. The van der Waals surface area contributed by atoms with Crippen molar-refractivity contribution in [1.82, 2.24) is 14.5 Å². The standard InChI is InChI=1S/C24H28FN3O3/c1-24(2,3)31-23(29)27-14-6-7-19(27)16-30-22-26-20-8-4-5-9-21(20)28(22)15-17-10-12-18(25)13-11-17/h4-5,8-13,19H,6-7,14-16H2,1-3H3/t19-/m0/s1. The van der Waals surface area contributed by atoms with E-state index in [2.05, 4.69) is 4.98 Å². The molecule has 6 nitrogen and oxygen atoms in total. The van der Waals surface area contributed by atoms with Crippen LogP contribution in [0.2, 0.25) is 0 Å². The highest BCUT2D eigenvalue weighted by molar-refractivity contribution is 5.76. The van der Waals surface area contributed by atoms with E-state index < -0.39 is 5.60 Å². The van der Waals surface area contributed by atoms with E-state index in [0.717, 1.165) is 29.4 Å². The minimum atomic E-state index is -0.534. The van der Waals surface area contributed by atoms with Gasteiger partial charge in [-0.25, -0.2) is 9.18 Å². The van der Waals surface area contributed by atoms with Crippen molar-refractivity contribution in [3.05, 3.63) is 59.9 Å². The maximum absolute atomic E-state index is 13.3. The normalized spacial score (nSPS) is 16.6. The lowest BCUT2D eigenvalue weighted by molar-refractivity contribution is 0.0183. The Balaban J connectivity index is 1.53. The van der Waals surface area contributed by atoms with Crippen molar-refractivity contribution in [2.75, 3.05) is 13.2 Å². The number of ether oxygens (including phenoxy) is 2. The number of fused-ring (bicyclic) bond motifs is 1. The molecule has 3 aromatic rings. The molecule has 1 aliphatic rings. The Bertz CT molecular complexity index is 1060. The summed E-state index contributed by atoms with van der Waals surface area (Å²) in [5.41, 5.74) is 2.19. The van der Waals surface area contributed by atoms with Gasteiger partial charge in [0.1, 0.15) is 18.0 Å². The molecule has 1 aliphatic heterocycles. The molecule has 2 aromatic carbocycles. The summed E-state index contributed by atoms with van der Waals surface area (Å²) in [6.07, 6.45) is 1.47. The lowest BCUT2D eigenvalue weighted by Gasteiger charge is -2.28. The van der Waals surface area contributed by atoms with Crippen LogP contribution in [0, 0.1) is 5.82 Å². The zero-order valence-corrected chi connectivity index (χ0v) is 18.2. The van der Waals surface area contributed by atoms with Crippen LogP contribution < -0.4 is 4.74 Å². The van der Waals surface area contributed by atoms with Crippen molar-refractivity contribution in [2.24, 2.45) is 0 Å². The van der Waals surface area contributed by atoms with Crippen LogP contribution >= 0.6 is 0 Å². The van der Waals surface area contributed by atoms with Crippen LogP contribution in [-0.4, -0.2) is 45.3 Å². The highest BCUT2D eigenvalue weighted by Crippen LogP contribution is 2.25. The number of aromatic nitrogens is 2. The summed E-state index contributed by atoms with van der Waals surface area (Å²) in [5.74, 6) is -0.265. The molecular weight excluding hydrogens is 397 g/mol. The van der Waals surface area contributed by atoms with Crippen molar-refractivity contribution in [1.29, 1.82) is 0 Å². The molecule has 1 aromatic heterocycles. The largest absolute Gasteiger partial charge is 0.462 e. The Morgan fingerprint density at radius 2 is 1.90 bits per heavy atom. The van der Waals surface area contributed by atoms with Crippen molar-refractivity contribution >= 4 is 17.1 Å². The molecule has 0 aliphatic carbocycles. The van der Waals surface area contributed by atoms with E-state index in [1.165, 1.54) is 12.1 Å². The number of halogens is 1. The number of amides is 1. The molecule has 0 spiro atoms. The van der Waals surface area contributed by atoms with Crippen molar-refractivity contribution in [3.8, 4) is 6.01 Å². The number of hydrogen-bond acceptors (Lipinski definition) is 4. The highest BCUT2D eigenvalue weighted by atomic mass is 19.1. The van der Waals surface area contributed by atoms with Gasteiger partial charge in [0.25, 0.3) is 6.01 Å². The zero-order chi connectivity index (χ0) is 22.0. The maximum atomic E-state index is 13.3. The number of rotatable bonds is 5. The zero-order valence-electron chi connectivity index (χ0n) is 18.2. The number of nitrogens with zero attached hydrogens (tertiary/aromatic N) is 3. The van der Waals surface area contributed by atoms with Crippen LogP contribution in [0.5, 0.6) is 6.01 Å². The van der Waals surface area contributed by atoms with E-state index in [1.807, 2.05) is 49.6 Å². The quantitative estimate of drug-likeness (QED) is 0.577. The third-order valence-electron chi connectivity index (χ3n) is 5.28. The van der Waals surface area contributed by atoms with E-state index >= 15 is 0 Å². The fraction of sp³-hybridized carbons (Fsp3) is 0.417. The van der Waals surface area contributed by atoms with Gasteiger partial charge in [0, 0.05) is 6.54 Å². The van der Waals surface area contributed by atoms with Gasteiger partial charge in [-0.2, -0.15) is 4.98 Å². The van der Waals surface area contributed by atoms with Gasteiger partial charge in [0.2, 0.25) is 0 Å². The van der Waals surface area contributed by atoms with Gasteiger partial charge in [0.15, 0.2) is 0 Å². The molecule has 2 heterocycles. The van der Waals surface area contributed by atoms with Gasteiger partial charge in [-0.15, -0.1) is 0 Å². The summed E-state index contributed by atoms with van der Waals surface area (Å²) in [4.78, 5) is 19.0. The van der Waals surface area contributed by atoms with Gasteiger partial charge >= 0.3 is 6.09 Å². The predicted octanol–water partition coefficient (Wildman–Crippen LogP) is 5.00. The highest BCUT2D eigenvalue weighted by Gasteiger charge is 2.33. The average Bonchev–Trinajstić information content (AvgIpc) is 3.32. The van der Waals surface area contributed by atoms with E-state index in [4.69, 9.17) is 9.47 Å². The number of carbonyl (C=O) groups is 1. The summed E-state index contributed by atoms with van der Waals surface area (Å²) in [7, 11) is 0. The Kier molecular flexibility index (Phi) is 5.85. The molecule has 4 rings (SSSR count). The first-order chi connectivity index (χ1) is 14.8. The van der Waals surface area contributed by atoms with Crippen LogP contribution in [0.4, 0.5) is 9.18 Å². The monoisotopic (exact) mass is 425 g/mol. The molecule has 0 N–H and O–H groups in total. The lowest BCUT2D eigenvalue weighted by atomic mass is 10.2. The Morgan fingerprint density at radius 1 is 1.16 bits per heavy atom. The van der Waals surface area contributed by atoms with Gasteiger partial charge in [0.05, 0.1) is 23.6 Å². The summed E-state index contributed by atoms with van der Waals surface area (Å²) in [6.45, 7) is 7.11. The van der Waals surface area contributed by atoms with Gasteiger partial charge in [-0.1, -0.05) is 24.3 Å². The molecule has 0 bridgehead atoms. The van der Waals surface area contributed by atoms with E-state index in [9.17, 15) is 9.18 Å². The number of hydrogen-bond donors (Lipinski definition) is 0. The minimum Gasteiger partial charge on any atom is -0.462 e. The summed E-state index contributed by atoms with van der Waals surface area (Å²) >= 11 is 0. The van der Waals surface area contributed by atoms with Gasteiger partial charge < -0.3 is 14.4 Å². The van der Waals surface area contributed by atoms with Crippen molar-refractivity contribution in [3.63, 3.8) is 0 Å². The predicted molar refractivity (Wildman–Crippen MR) is 117 cm³/mol. The number of para-hydroxylation sites is 2. The minimum absolute atomic E-state index is 0.0612. The maximum Gasteiger partial charge on any atom is 0.410 e. The first-order valence-electron chi connectivity index (χ1n) is 10.6. The summed E-state index contributed by atoms with van der Waals surface area (Å²) in [5, 5.41) is 0. The summed E-state index contributed by atoms with van der Waals surface area (Å²) in [6, 6.07) is 14.7. The Labute approximate surface area is 181 Å². The lowest BCUT2D eigenvalue weighted by Crippen LogP contribution is -2.42. The molecule has 31 heavy (non-hydrogen) atoms. The molecule has 1 saturated heterocycles. The first-order valence-corrected chi connectivity index (χ1v) is 10.6. The van der Waals surface area contributed by atoms with Crippen molar-refractivity contribution in [2.45, 2.75) is 51.8 Å². The number of carbonyl (C=O) groups excluding carboxylic acids is 1. The van der Waals surface area contributed by atoms with Crippen LogP contribution in [0.25, 0.3) is 11.0 Å². The third-order valence-corrected chi connectivity index (χ3v) is 5.28. The molecule has 7 heteroatoms. The van der Waals surface area contributed by atoms with Gasteiger partial charge in [-0.3, -0.25) is 4.57 Å². The molecule has 0 unspecified atom stereocenters. The molecular formula is C24H28FN3O3. The first kappa shape index (κ1) is 21.2. The second-order valence-electron chi connectivity index (χ2n) is 8.88. The third kappa shape index (κ3) is 4.98. The molecule has 1 amide bonds. The van der Waals surface area contributed by atoms with Crippen molar-refractivity contribution < 1.29 is 18.7 Å². The second-order valence-corrected chi connectivity index (χ2v) is 8.88. The molecule has 0 radical (unpaired) electrons. The second kappa shape index (κ2) is 8.57. The van der Waals surface area contributed by atoms with E-state index in [0.29, 0.717) is 25.7 Å². The van der Waals surface area contributed by atoms with E-state index in [-0.39, 0.29) is 18.0 Å². The smallest absolute Gasteiger partial charge is 0.410 e. The Morgan fingerprint density at radius 3 is 2.65 bits per heavy atom. The number of benzene rings is 2. The number of likely N-dealkylation sites (tertiary alicyclic amines) is 1. The van der Waals surface area contributed by atoms with Gasteiger partial charge in [-0.05, 0) is 63.4 Å². The Hall–Kier alpha value is -3.09. The molecule has 1 atom stereocenters. The van der Waals surface area contributed by atoms with Crippen LogP contribution in [0.15, 0.2) is 48.5 Å². The fourth-order valence-electron chi connectivity index (χ4n) is 3.83. The topological polar surface area (TPSA) is 56.6 Å². The molecule has 1 fully saturated rings. The molecule has 164 valence electrons. The van der Waals surface area contributed by atoms with Crippen LogP contribution in [0.1, 0.15) is 39.2 Å². The molecule has 0 saturated carbocycles. The average molecular weight is 426 g/mol. The summed E-state index contributed by atoms with van der Waals surface area (Å²) < 4.78 is 27.0. The fourth-order valence-corrected chi connectivity index (χ4v) is 3.83.